The molecule has 2 rings (SSSR count). The zero-order valence-electron chi connectivity index (χ0n) is 12.0. The van der Waals surface area contributed by atoms with Crippen LogP contribution in [0.1, 0.15) is 37.2 Å². The summed E-state index contributed by atoms with van der Waals surface area (Å²) in [5.41, 5.74) is 1.25. The average molecular weight is 277 g/mol. The predicted octanol–water partition coefficient (Wildman–Crippen LogP) is 2.17. The van der Waals surface area contributed by atoms with Crippen molar-refractivity contribution in [2.24, 2.45) is 0 Å². The zero-order valence-corrected chi connectivity index (χ0v) is 12.0. The molecule has 4 nitrogen and oxygen atoms in total. The average Bonchev–Trinajstić information content (AvgIpc) is 2.52. The molecule has 0 atom stereocenters. The molecule has 1 aromatic rings. The molecule has 110 valence electrons. The van der Waals surface area contributed by atoms with Crippen molar-refractivity contribution in [3.8, 4) is 5.75 Å². The Kier molecular flexibility index (Phi) is 5.41. The smallest absolute Gasteiger partial charge is 0.222 e. The first-order valence-corrected chi connectivity index (χ1v) is 7.27. The number of rotatable bonds is 5. The number of hydrogen-bond acceptors (Lipinski definition) is 3. The maximum Gasteiger partial charge on any atom is 0.222 e. The minimum atomic E-state index is 0.0867. The first-order valence-electron chi connectivity index (χ1n) is 7.27. The molecular formula is C16H23NO3. The van der Waals surface area contributed by atoms with Crippen LogP contribution >= 0.6 is 0 Å². The summed E-state index contributed by atoms with van der Waals surface area (Å²) in [6, 6.07) is 8.13. The Morgan fingerprint density at radius 2 is 2.05 bits per heavy atom. The third-order valence-corrected chi connectivity index (χ3v) is 3.98. The highest BCUT2D eigenvalue weighted by Gasteiger charge is 2.25. The molecule has 0 saturated carbocycles. The quantitative estimate of drug-likeness (QED) is 0.897. The molecule has 1 aliphatic rings. The summed E-state index contributed by atoms with van der Waals surface area (Å²) in [4.78, 5) is 13.8. The van der Waals surface area contributed by atoms with E-state index in [0.29, 0.717) is 18.8 Å². The van der Waals surface area contributed by atoms with Crippen molar-refractivity contribution in [2.45, 2.75) is 31.6 Å². The van der Waals surface area contributed by atoms with Gasteiger partial charge in [-0.3, -0.25) is 4.79 Å². The number of benzene rings is 1. The van der Waals surface area contributed by atoms with Crippen molar-refractivity contribution >= 4 is 5.91 Å². The maximum absolute atomic E-state index is 11.9. The molecule has 0 spiro atoms. The molecular weight excluding hydrogens is 254 g/mol. The molecule has 1 saturated heterocycles. The molecule has 0 aliphatic carbocycles. The summed E-state index contributed by atoms with van der Waals surface area (Å²) in [5, 5.41) is 8.78. The van der Waals surface area contributed by atoms with Gasteiger partial charge >= 0.3 is 0 Å². The standard InChI is InChI=1S/C16H23NO3/c1-20-15-6-3-2-5-14(15)13-8-10-17(11-9-13)16(19)7-4-12-18/h2-3,5-6,13,18H,4,7-12H2,1H3. The number of para-hydroxylation sites is 1. The number of methoxy groups -OCH3 is 1. The van der Waals surface area contributed by atoms with Gasteiger partial charge in [-0.05, 0) is 36.8 Å². The molecule has 1 aliphatic heterocycles. The lowest BCUT2D eigenvalue weighted by Crippen LogP contribution is -2.37. The predicted molar refractivity (Wildman–Crippen MR) is 77.9 cm³/mol. The van der Waals surface area contributed by atoms with Crippen LogP contribution in [0, 0.1) is 0 Å². The normalized spacial score (nSPS) is 16.2. The van der Waals surface area contributed by atoms with Gasteiger partial charge in [-0.1, -0.05) is 18.2 Å². The molecule has 1 amide bonds. The summed E-state index contributed by atoms with van der Waals surface area (Å²) in [7, 11) is 1.70. The van der Waals surface area contributed by atoms with Crippen molar-refractivity contribution < 1.29 is 14.6 Å². The molecule has 1 aromatic carbocycles. The molecule has 20 heavy (non-hydrogen) atoms. The summed E-state index contributed by atoms with van der Waals surface area (Å²) in [6.07, 6.45) is 2.97. The SMILES string of the molecule is COc1ccccc1C1CCN(C(=O)CCCO)CC1. The molecule has 1 heterocycles. The molecule has 0 unspecified atom stereocenters. The van der Waals surface area contributed by atoms with Crippen LogP contribution in [0.2, 0.25) is 0 Å². The molecule has 0 radical (unpaired) electrons. The highest BCUT2D eigenvalue weighted by molar-refractivity contribution is 5.76. The van der Waals surface area contributed by atoms with E-state index in [-0.39, 0.29) is 12.5 Å². The van der Waals surface area contributed by atoms with E-state index in [9.17, 15) is 4.79 Å². The lowest BCUT2D eigenvalue weighted by atomic mass is 9.88. The number of carbonyl (C=O) groups is 1. The Hall–Kier alpha value is -1.55. The minimum absolute atomic E-state index is 0.0867. The first kappa shape index (κ1) is 14.9. The van der Waals surface area contributed by atoms with Crippen LogP contribution in [0.4, 0.5) is 0 Å². The number of carbonyl (C=O) groups excluding carboxylic acids is 1. The number of aliphatic hydroxyl groups excluding tert-OH is 1. The second kappa shape index (κ2) is 7.29. The summed E-state index contributed by atoms with van der Waals surface area (Å²) >= 11 is 0. The van der Waals surface area contributed by atoms with E-state index >= 15 is 0 Å². The Morgan fingerprint density at radius 1 is 1.35 bits per heavy atom. The van der Waals surface area contributed by atoms with E-state index < -0.39 is 0 Å². The van der Waals surface area contributed by atoms with E-state index in [1.54, 1.807) is 7.11 Å². The fourth-order valence-electron chi connectivity index (χ4n) is 2.83. The van der Waals surface area contributed by atoms with Crippen molar-refractivity contribution in [3.63, 3.8) is 0 Å². The van der Waals surface area contributed by atoms with Gasteiger partial charge in [0.25, 0.3) is 0 Å². The fourth-order valence-corrected chi connectivity index (χ4v) is 2.83. The minimum Gasteiger partial charge on any atom is -0.496 e. The first-order chi connectivity index (χ1) is 9.76. The number of piperidine rings is 1. The third kappa shape index (κ3) is 3.51. The lowest BCUT2D eigenvalue weighted by molar-refractivity contribution is -0.132. The fraction of sp³-hybridized carbons (Fsp3) is 0.562. The van der Waals surface area contributed by atoms with Crippen LogP contribution in [-0.4, -0.2) is 42.7 Å². The monoisotopic (exact) mass is 277 g/mol. The van der Waals surface area contributed by atoms with Crippen LogP contribution in [0.25, 0.3) is 0 Å². The number of nitrogens with zero attached hydrogens (tertiary/aromatic N) is 1. The van der Waals surface area contributed by atoms with Crippen molar-refractivity contribution in [1.29, 1.82) is 0 Å². The van der Waals surface area contributed by atoms with Gasteiger partial charge in [0.05, 0.1) is 7.11 Å². The van der Waals surface area contributed by atoms with Crippen molar-refractivity contribution in [3.05, 3.63) is 29.8 Å². The number of aliphatic hydroxyl groups is 1. The Morgan fingerprint density at radius 3 is 2.70 bits per heavy atom. The zero-order chi connectivity index (χ0) is 14.4. The molecule has 0 bridgehead atoms. The molecule has 4 heteroatoms. The van der Waals surface area contributed by atoms with Gasteiger partial charge in [-0.2, -0.15) is 0 Å². The summed E-state index contributed by atoms with van der Waals surface area (Å²) < 4.78 is 5.42. The van der Waals surface area contributed by atoms with E-state index in [4.69, 9.17) is 9.84 Å². The largest absolute Gasteiger partial charge is 0.496 e. The Labute approximate surface area is 120 Å². The lowest BCUT2D eigenvalue weighted by Gasteiger charge is -2.32. The highest BCUT2D eigenvalue weighted by atomic mass is 16.5. The van der Waals surface area contributed by atoms with Gasteiger partial charge < -0.3 is 14.7 Å². The maximum atomic E-state index is 11.9. The number of hydrogen-bond donors (Lipinski definition) is 1. The van der Waals surface area contributed by atoms with Gasteiger partial charge in [-0.15, -0.1) is 0 Å². The molecule has 1 fully saturated rings. The number of likely N-dealkylation sites (tertiary alicyclic amines) is 1. The Bertz CT molecular complexity index is 439. The summed E-state index contributed by atoms with van der Waals surface area (Å²) in [5.74, 6) is 1.57. The van der Waals surface area contributed by atoms with E-state index in [1.807, 2.05) is 23.1 Å². The molecule has 0 aromatic heterocycles. The van der Waals surface area contributed by atoms with Crippen molar-refractivity contribution in [1.82, 2.24) is 4.90 Å². The van der Waals surface area contributed by atoms with E-state index in [2.05, 4.69) is 6.07 Å². The van der Waals surface area contributed by atoms with E-state index in [1.165, 1.54) is 5.56 Å². The van der Waals surface area contributed by atoms with Crippen LogP contribution < -0.4 is 4.74 Å². The van der Waals surface area contributed by atoms with Crippen molar-refractivity contribution in [2.75, 3.05) is 26.8 Å². The van der Waals surface area contributed by atoms with Crippen LogP contribution in [0.15, 0.2) is 24.3 Å². The second-order valence-corrected chi connectivity index (χ2v) is 5.22. The summed E-state index contributed by atoms with van der Waals surface area (Å²) in [6.45, 7) is 1.68. The number of ether oxygens (including phenoxy) is 1. The second-order valence-electron chi connectivity index (χ2n) is 5.22. The number of amides is 1. The van der Waals surface area contributed by atoms with E-state index in [0.717, 1.165) is 31.7 Å². The topological polar surface area (TPSA) is 49.8 Å². The van der Waals surface area contributed by atoms with Gasteiger partial charge in [0, 0.05) is 26.1 Å². The van der Waals surface area contributed by atoms with Crippen LogP contribution in [0.5, 0.6) is 5.75 Å². The van der Waals surface area contributed by atoms with Crippen LogP contribution in [0.3, 0.4) is 0 Å². The van der Waals surface area contributed by atoms with Gasteiger partial charge in [0.1, 0.15) is 5.75 Å². The van der Waals surface area contributed by atoms with Crippen LogP contribution in [-0.2, 0) is 4.79 Å². The Balaban J connectivity index is 1.92. The highest BCUT2D eigenvalue weighted by Crippen LogP contribution is 2.34. The van der Waals surface area contributed by atoms with Gasteiger partial charge in [0.15, 0.2) is 0 Å². The third-order valence-electron chi connectivity index (χ3n) is 3.98. The van der Waals surface area contributed by atoms with Gasteiger partial charge in [0.2, 0.25) is 5.91 Å². The molecule has 1 N–H and O–H groups in total. The van der Waals surface area contributed by atoms with Gasteiger partial charge in [-0.25, -0.2) is 0 Å².